The predicted octanol–water partition coefficient (Wildman–Crippen LogP) is 3.49. The molecule has 0 radical (unpaired) electrons. The summed E-state index contributed by atoms with van der Waals surface area (Å²) in [6.45, 7) is 0. The quantitative estimate of drug-likeness (QED) is 0.502. The van der Waals surface area contributed by atoms with E-state index >= 15 is 0 Å². The van der Waals surface area contributed by atoms with Crippen LogP contribution >= 0.6 is 47.0 Å². The number of anilines is 1. The second kappa shape index (κ2) is 6.54. The van der Waals surface area contributed by atoms with E-state index in [2.05, 4.69) is 5.43 Å². The van der Waals surface area contributed by atoms with Crippen molar-refractivity contribution >= 4 is 64.1 Å². The number of halogens is 3. The Bertz CT molecular complexity index is 536. The van der Waals surface area contributed by atoms with E-state index in [0.717, 1.165) is 5.01 Å². The molecule has 9 heteroatoms. The first kappa shape index (κ1) is 16.6. The highest BCUT2D eigenvalue weighted by Crippen LogP contribution is 2.35. The van der Waals surface area contributed by atoms with Gasteiger partial charge in [-0.25, -0.2) is 15.2 Å². The molecule has 0 saturated carbocycles. The Morgan fingerprint density at radius 3 is 2.48 bits per heavy atom. The van der Waals surface area contributed by atoms with Crippen molar-refractivity contribution in [3.05, 3.63) is 24.3 Å². The van der Waals surface area contributed by atoms with Gasteiger partial charge in [-0.1, -0.05) is 47.0 Å². The maximum absolute atomic E-state index is 12.4. The van der Waals surface area contributed by atoms with Gasteiger partial charge in [0.25, 0.3) is 3.92 Å². The molecule has 2 rings (SSSR count). The highest BCUT2D eigenvalue weighted by Gasteiger charge is 2.46. The van der Waals surface area contributed by atoms with Crippen LogP contribution in [-0.4, -0.2) is 33.6 Å². The number of hydrogen-bond donors (Lipinski definition) is 1. The van der Waals surface area contributed by atoms with Crippen molar-refractivity contribution in [3.8, 4) is 5.75 Å². The van der Waals surface area contributed by atoms with E-state index < -0.39 is 16.1 Å². The number of thiocarbonyl (C=S) groups is 1. The number of benzene rings is 1. The van der Waals surface area contributed by atoms with E-state index in [1.165, 1.54) is 10.3 Å². The Morgan fingerprint density at radius 2 is 2.00 bits per heavy atom. The van der Waals surface area contributed by atoms with Crippen molar-refractivity contribution in [1.82, 2.24) is 10.4 Å². The zero-order chi connectivity index (χ0) is 15.6. The zero-order valence-electron chi connectivity index (χ0n) is 10.9. The van der Waals surface area contributed by atoms with Gasteiger partial charge in [0.1, 0.15) is 11.9 Å². The van der Waals surface area contributed by atoms with E-state index in [4.69, 9.17) is 51.8 Å². The number of nitrogens with zero attached hydrogens (tertiary/aromatic N) is 2. The summed E-state index contributed by atoms with van der Waals surface area (Å²) in [5, 5.41) is 2.47. The molecule has 1 aliphatic heterocycles. The highest BCUT2D eigenvalue weighted by atomic mass is 35.6. The second-order valence-corrected chi connectivity index (χ2v) is 6.76. The second-order valence-electron chi connectivity index (χ2n) is 4.20. The molecule has 1 N–H and O–H groups in total. The minimum atomic E-state index is -1.89. The first-order chi connectivity index (χ1) is 9.88. The number of carbonyl (C=O) groups excluding carboxylic acids is 1. The summed E-state index contributed by atoms with van der Waals surface area (Å²) in [4.78, 5) is 13.9. The van der Waals surface area contributed by atoms with Gasteiger partial charge in [-0.05, 0) is 29.6 Å². The fraction of sp³-hybridized carbons (Fsp3) is 0.333. The number of hydrogen-bond acceptors (Lipinski definition) is 4. The van der Waals surface area contributed by atoms with Gasteiger partial charge in [0, 0.05) is 12.1 Å². The molecule has 0 bridgehead atoms. The number of rotatable bonds is 4. The van der Waals surface area contributed by atoms with E-state index in [9.17, 15) is 4.79 Å². The van der Waals surface area contributed by atoms with Gasteiger partial charge in [-0.3, -0.25) is 4.90 Å². The summed E-state index contributed by atoms with van der Waals surface area (Å²) in [6, 6.07) is 6.51. The third kappa shape index (κ3) is 3.52. The molecule has 1 aliphatic rings. The molecule has 0 aromatic heterocycles. The maximum atomic E-state index is 12.4. The molecule has 2 amide bonds. The summed E-state index contributed by atoms with van der Waals surface area (Å²) >= 11 is 22.2. The van der Waals surface area contributed by atoms with Crippen LogP contribution in [0, 0.1) is 0 Å². The molecule has 1 unspecified atom stereocenters. The molecular formula is C12H12Cl3N3O2S. The maximum Gasteiger partial charge on any atom is 0.343 e. The van der Waals surface area contributed by atoms with E-state index in [1.807, 2.05) is 0 Å². The van der Waals surface area contributed by atoms with Crippen molar-refractivity contribution in [3.63, 3.8) is 0 Å². The van der Waals surface area contributed by atoms with Gasteiger partial charge < -0.3 is 4.74 Å². The van der Waals surface area contributed by atoms with Crippen LogP contribution in [-0.2, 0) is 0 Å². The third-order valence-corrected chi connectivity index (χ3v) is 3.61. The van der Waals surface area contributed by atoms with Gasteiger partial charge in [0.15, 0.2) is 0 Å². The van der Waals surface area contributed by atoms with E-state index in [1.54, 1.807) is 31.4 Å². The highest BCUT2D eigenvalue weighted by molar-refractivity contribution is 7.78. The fourth-order valence-electron chi connectivity index (χ4n) is 1.97. The normalized spacial score (nSPS) is 19.0. The molecule has 5 nitrogen and oxygen atoms in total. The number of ether oxygens (including phenoxy) is 1. The number of nitrogens with one attached hydrogen (secondary N) is 1. The molecule has 1 fully saturated rings. The van der Waals surface area contributed by atoms with Crippen LogP contribution in [0.1, 0.15) is 6.42 Å². The van der Waals surface area contributed by atoms with Crippen LogP contribution < -0.4 is 15.1 Å². The van der Waals surface area contributed by atoms with Crippen LogP contribution in [0.4, 0.5) is 10.5 Å². The van der Waals surface area contributed by atoms with E-state index in [0.29, 0.717) is 17.9 Å². The van der Waals surface area contributed by atoms with Gasteiger partial charge in [-0.15, -0.1) is 0 Å². The summed E-state index contributed by atoms with van der Waals surface area (Å²) in [5.74, 6) is 0.683. The Kier molecular flexibility index (Phi) is 5.16. The lowest BCUT2D eigenvalue weighted by molar-refractivity contribution is 0.199. The molecule has 114 valence electrons. The molecule has 0 spiro atoms. The molecule has 1 aromatic rings. The van der Waals surface area contributed by atoms with Crippen LogP contribution in [0.5, 0.6) is 5.75 Å². The van der Waals surface area contributed by atoms with Crippen LogP contribution in [0.15, 0.2) is 24.3 Å². The Labute approximate surface area is 142 Å². The fourth-order valence-corrected chi connectivity index (χ4v) is 2.51. The van der Waals surface area contributed by atoms with Gasteiger partial charge in [0.2, 0.25) is 0 Å². The molecule has 1 saturated heterocycles. The topological polar surface area (TPSA) is 44.8 Å². The lowest BCUT2D eigenvalue weighted by Gasteiger charge is -2.23. The van der Waals surface area contributed by atoms with Gasteiger partial charge >= 0.3 is 6.03 Å². The lowest BCUT2D eigenvalue weighted by Crippen LogP contribution is -2.45. The summed E-state index contributed by atoms with van der Waals surface area (Å²) < 4.78 is 3.20. The minimum absolute atomic E-state index is 0.418. The Balaban J connectivity index is 2.33. The molecule has 21 heavy (non-hydrogen) atoms. The van der Waals surface area contributed by atoms with Crippen molar-refractivity contribution in [2.24, 2.45) is 0 Å². The Hall–Kier alpha value is -0.790. The zero-order valence-corrected chi connectivity index (χ0v) is 14.0. The predicted molar refractivity (Wildman–Crippen MR) is 88.2 cm³/mol. The first-order valence-electron chi connectivity index (χ1n) is 5.92. The molecule has 0 aliphatic carbocycles. The summed E-state index contributed by atoms with van der Waals surface area (Å²) in [7, 11) is 1.57. The van der Waals surface area contributed by atoms with E-state index in [-0.39, 0.29) is 0 Å². The monoisotopic (exact) mass is 367 g/mol. The minimum Gasteiger partial charge on any atom is -0.497 e. The van der Waals surface area contributed by atoms with Gasteiger partial charge in [-0.2, -0.15) is 0 Å². The third-order valence-electron chi connectivity index (χ3n) is 2.91. The number of hydrazine groups is 1. The number of urea groups is 1. The van der Waals surface area contributed by atoms with Crippen molar-refractivity contribution < 1.29 is 9.53 Å². The molecule has 1 aromatic carbocycles. The van der Waals surface area contributed by atoms with Crippen LogP contribution in [0.25, 0.3) is 0 Å². The van der Waals surface area contributed by atoms with Crippen LogP contribution in [0.3, 0.4) is 0 Å². The molecular weight excluding hydrogens is 357 g/mol. The van der Waals surface area contributed by atoms with Crippen molar-refractivity contribution in [2.45, 2.75) is 16.5 Å². The molecule has 1 heterocycles. The summed E-state index contributed by atoms with van der Waals surface area (Å²) in [6.07, 6.45) is 0.00341. The first-order valence-corrected chi connectivity index (χ1v) is 7.53. The average Bonchev–Trinajstić information content (AvgIpc) is 2.76. The lowest BCUT2D eigenvalue weighted by atomic mass is 10.2. The molecule has 1 atom stereocenters. The van der Waals surface area contributed by atoms with Gasteiger partial charge in [0.05, 0.1) is 7.11 Å². The average molecular weight is 369 g/mol. The summed E-state index contributed by atoms with van der Waals surface area (Å²) in [5.41, 5.74) is 3.49. The number of carbonyl (C=O) groups is 1. The standard InChI is InChI=1S/C12H12Cl3N3O2S/c1-20-9-4-2-8(3-5-9)17-10(6-7-21)16-18(11(17)19)12(13,14)15/h2-5,7,10,16H,6H2,1H3. The number of alkyl halides is 3. The largest absolute Gasteiger partial charge is 0.497 e. The Morgan fingerprint density at radius 1 is 1.38 bits per heavy atom. The smallest absolute Gasteiger partial charge is 0.343 e. The van der Waals surface area contributed by atoms with Crippen molar-refractivity contribution in [1.29, 1.82) is 0 Å². The van der Waals surface area contributed by atoms with Crippen LogP contribution in [0.2, 0.25) is 0 Å². The van der Waals surface area contributed by atoms with Crippen molar-refractivity contribution in [2.75, 3.05) is 12.0 Å². The SMILES string of the molecule is COc1ccc(N2C(=O)N(C(Cl)(Cl)Cl)NC2CC=S)cc1. The number of amides is 2. The number of methoxy groups -OCH3 is 1.